The van der Waals surface area contributed by atoms with Crippen molar-refractivity contribution in [3.05, 3.63) is 28.8 Å². The summed E-state index contributed by atoms with van der Waals surface area (Å²) in [5.74, 6) is -0.327. The molecule has 0 aliphatic heterocycles. The molecule has 0 unspecified atom stereocenters. The molecule has 82 valence electrons. The first-order valence-electron chi connectivity index (χ1n) is 5.10. The third-order valence-corrected chi connectivity index (χ3v) is 2.15. The first-order valence-corrected chi connectivity index (χ1v) is 5.10. The van der Waals surface area contributed by atoms with E-state index in [0.717, 1.165) is 17.5 Å². The lowest BCUT2D eigenvalue weighted by atomic mass is 10.0. The van der Waals surface area contributed by atoms with Crippen molar-refractivity contribution in [2.75, 3.05) is 12.3 Å². The van der Waals surface area contributed by atoms with Crippen LogP contribution < -0.4 is 5.73 Å². The Balaban J connectivity index is 2.98. The standard InChI is InChI=1S/C12H17NO2/c1-4-5-15-12(14)11-9(3)6-8(2)7-10(11)13/h6-7H,4-5,13H2,1-3H3. The monoisotopic (exact) mass is 207 g/mol. The van der Waals surface area contributed by atoms with Crippen molar-refractivity contribution < 1.29 is 9.53 Å². The maximum absolute atomic E-state index is 11.7. The minimum Gasteiger partial charge on any atom is -0.462 e. The highest BCUT2D eigenvalue weighted by Gasteiger charge is 2.14. The number of carbonyl (C=O) groups is 1. The van der Waals surface area contributed by atoms with Crippen LogP contribution in [0.25, 0.3) is 0 Å². The average Bonchev–Trinajstić information content (AvgIpc) is 2.12. The number of ether oxygens (including phenoxy) is 1. The Labute approximate surface area is 90.2 Å². The Hall–Kier alpha value is -1.51. The predicted molar refractivity (Wildman–Crippen MR) is 60.9 cm³/mol. The van der Waals surface area contributed by atoms with Gasteiger partial charge in [-0.25, -0.2) is 4.79 Å². The molecule has 0 spiro atoms. The van der Waals surface area contributed by atoms with Crippen LogP contribution in [0.5, 0.6) is 0 Å². The lowest BCUT2D eigenvalue weighted by Crippen LogP contribution is -2.11. The Bertz CT molecular complexity index is 349. The van der Waals surface area contributed by atoms with Crippen molar-refractivity contribution in [1.29, 1.82) is 0 Å². The summed E-state index contributed by atoms with van der Waals surface area (Å²) < 4.78 is 5.06. The lowest BCUT2D eigenvalue weighted by Gasteiger charge is -2.10. The molecule has 0 aromatic heterocycles. The van der Waals surface area contributed by atoms with Gasteiger partial charge in [-0.1, -0.05) is 13.0 Å². The fourth-order valence-corrected chi connectivity index (χ4v) is 1.55. The molecule has 0 atom stereocenters. The minimum absolute atomic E-state index is 0.327. The number of hydrogen-bond acceptors (Lipinski definition) is 3. The summed E-state index contributed by atoms with van der Waals surface area (Å²) in [4.78, 5) is 11.7. The molecule has 0 radical (unpaired) electrons. The Morgan fingerprint density at radius 3 is 2.60 bits per heavy atom. The van der Waals surface area contributed by atoms with Crippen molar-refractivity contribution in [1.82, 2.24) is 0 Å². The highest BCUT2D eigenvalue weighted by Crippen LogP contribution is 2.20. The van der Waals surface area contributed by atoms with Gasteiger partial charge in [0.2, 0.25) is 0 Å². The van der Waals surface area contributed by atoms with Gasteiger partial charge in [0.15, 0.2) is 0 Å². The predicted octanol–water partition coefficient (Wildman–Crippen LogP) is 2.45. The fourth-order valence-electron chi connectivity index (χ4n) is 1.55. The van der Waals surface area contributed by atoms with Gasteiger partial charge in [-0.15, -0.1) is 0 Å². The molecule has 0 saturated carbocycles. The molecule has 1 aromatic carbocycles. The van der Waals surface area contributed by atoms with Crippen LogP contribution in [0.3, 0.4) is 0 Å². The number of aryl methyl sites for hydroxylation is 2. The number of benzene rings is 1. The van der Waals surface area contributed by atoms with Gasteiger partial charge in [-0.2, -0.15) is 0 Å². The van der Waals surface area contributed by atoms with E-state index >= 15 is 0 Å². The van der Waals surface area contributed by atoms with Crippen LogP contribution in [0.1, 0.15) is 34.8 Å². The zero-order chi connectivity index (χ0) is 11.4. The van der Waals surface area contributed by atoms with E-state index in [-0.39, 0.29) is 5.97 Å². The first kappa shape index (κ1) is 11.6. The van der Waals surface area contributed by atoms with Gasteiger partial charge in [0.05, 0.1) is 12.2 Å². The summed E-state index contributed by atoms with van der Waals surface area (Å²) in [6, 6.07) is 3.72. The van der Waals surface area contributed by atoms with Gasteiger partial charge in [0.1, 0.15) is 0 Å². The molecular formula is C12H17NO2. The smallest absolute Gasteiger partial charge is 0.340 e. The second-order valence-corrected chi connectivity index (χ2v) is 3.68. The van der Waals surface area contributed by atoms with Crippen LogP contribution in [0.4, 0.5) is 5.69 Å². The van der Waals surface area contributed by atoms with Crippen molar-refractivity contribution in [3.8, 4) is 0 Å². The second kappa shape index (κ2) is 4.82. The second-order valence-electron chi connectivity index (χ2n) is 3.68. The van der Waals surface area contributed by atoms with E-state index in [1.807, 2.05) is 26.8 Å². The van der Waals surface area contributed by atoms with E-state index in [0.29, 0.717) is 17.9 Å². The van der Waals surface area contributed by atoms with Gasteiger partial charge < -0.3 is 10.5 Å². The van der Waals surface area contributed by atoms with Crippen LogP contribution in [-0.4, -0.2) is 12.6 Å². The molecule has 0 amide bonds. The Morgan fingerprint density at radius 2 is 2.07 bits per heavy atom. The fraction of sp³-hybridized carbons (Fsp3) is 0.417. The summed E-state index contributed by atoms with van der Waals surface area (Å²) >= 11 is 0. The van der Waals surface area contributed by atoms with Gasteiger partial charge in [-0.3, -0.25) is 0 Å². The van der Waals surface area contributed by atoms with Gasteiger partial charge in [0, 0.05) is 5.69 Å². The highest BCUT2D eigenvalue weighted by atomic mass is 16.5. The molecule has 3 nitrogen and oxygen atoms in total. The van der Waals surface area contributed by atoms with Crippen molar-refractivity contribution in [3.63, 3.8) is 0 Å². The molecule has 0 aliphatic rings. The number of anilines is 1. The third kappa shape index (κ3) is 2.72. The molecule has 15 heavy (non-hydrogen) atoms. The maximum atomic E-state index is 11.7. The molecule has 1 aromatic rings. The highest BCUT2D eigenvalue weighted by molar-refractivity contribution is 5.96. The summed E-state index contributed by atoms with van der Waals surface area (Å²) in [6.07, 6.45) is 0.816. The number of carbonyl (C=O) groups excluding carboxylic acids is 1. The summed E-state index contributed by atoms with van der Waals surface area (Å²) in [6.45, 7) is 6.21. The normalized spacial score (nSPS) is 10.1. The quantitative estimate of drug-likeness (QED) is 0.612. The van der Waals surface area contributed by atoms with E-state index in [1.165, 1.54) is 0 Å². The van der Waals surface area contributed by atoms with Crippen molar-refractivity contribution in [2.45, 2.75) is 27.2 Å². The number of rotatable bonds is 3. The van der Waals surface area contributed by atoms with E-state index in [2.05, 4.69) is 0 Å². The van der Waals surface area contributed by atoms with Crippen LogP contribution >= 0.6 is 0 Å². The number of nitrogen functional groups attached to an aromatic ring is 1. The maximum Gasteiger partial charge on any atom is 0.340 e. The van der Waals surface area contributed by atoms with Crippen molar-refractivity contribution >= 4 is 11.7 Å². The minimum atomic E-state index is -0.327. The summed E-state index contributed by atoms with van der Waals surface area (Å²) in [5, 5.41) is 0. The van der Waals surface area contributed by atoms with Gasteiger partial charge >= 0.3 is 5.97 Å². The molecule has 3 heteroatoms. The third-order valence-electron chi connectivity index (χ3n) is 2.15. The zero-order valence-corrected chi connectivity index (χ0v) is 9.46. The number of hydrogen-bond donors (Lipinski definition) is 1. The summed E-state index contributed by atoms with van der Waals surface area (Å²) in [7, 11) is 0. The van der Waals surface area contributed by atoms with Gasteiger partial charge in [-0.05, 0) is 37.5 Å². The zero-order valence-electron chi connectivity index (χ0n) is 9.46. The molecule has 0 fully saturated rings. The topological polar surface area (TPSA) is 52.3 Å². The van der Waals surface area contributed by atoms with Crippen LogP contribution in [0, 0.1) is 13.8 Å². The van der Waals surface area contributed by atoms with Gasteiger partial charge in [0.25, 0.3) is 0 Å². The van der Waals surface area contributed by atoms with Crippen LogP contribution in [0.15, 0.2) is 12.1 Å². The molecular weight excluding hydrogens is 190 g/mol. The molecule has 0 aliphatic carbocycles. The lowest BCUT2D eigenvalue weighted by molar-refractivity contribution is 0.0505. The number of nitrogens with two attached hydrogens (primary N) is 1. The van der Waals surface area contributed by atoms with E-state index in [1.54, 1.807) is 6.07 Å². The van der Waals surface area contributed by atoms with Crippen molar-refractivity contribution in [2.24, 2.45) is 0 Å². The van der Waals surface area contributed by atoms with Crippen LogP contribution in [0.2, 0.25) is 0 Å². The Morgan fingerprint density at radius 1 is 1.40 bits per heavy atom. The Kier molecular flexibility index (Phi) is 3.72. The molecule has 2 N–H and O–H groups in total. The molecule has 0 bridgehead atoms. The number of esters is 1. The van der Waals surface area contributed by atoms with Crippen LogP contribution in [-0.2, 0) is 4.74 Å². The first-order chi connectivity index (χ1) is 7.06. The summed E-state index contributed by atoms with van der Waals surface area (Å²) in [5.41, 5.74) is 8.70. The molecule has 0 saturated heterocycles. The SMILES string of the molecule is CCCOC(=O)c1c(C)cc(C)cc1N. The van der Waals surface area contributed by atoms with E-state index < -0.39 is 0 Å². The largest absolute Gasteiger partial charge is 0.462 e. The van der Waals surface area contributed by atoms with E-state index in [4.69, 9.17) is 10.5 Å². The molecule has 0 heterocycles. The molecule has 1 rings (SSSR count). The average molecular weight is 207 g/mol. The van der Waals surface area contributed by atoms with E-state index in [9.17, 15) is 4.79 Å².